The Morgan fingerprint density at radius 3 is 2.56 bits per heavy atom. The number of carboxylic acid groups (broad SMARTS) is 1. The molecule has 0 saturated heterocycles. The van der Waals surface area contributed by atoms with Crippen LogP contribution in [0.2, 0.25) is 0 Å². The highest BCUT2D eigenvalue weighted by Gasteiger charge is 2.08. The van der Waals surface area contributed by atoms with Crippen molar-refractivity contribution >= 4 is 5.97 Å². The van der Waals surface area contributed by atoms with E-state index >= 15 is 0 Å². The highest BCUT2D eigenvalue weighted by molar-refractivity contribution is 5.74. The molecule has 0 aliphatic carbocycles. The number of hydrogen-bond acceptors (Lipinski definition) is 2. The van der Waals surface area contributed by atoms with Crippen LogP contribution in [0, 0.1) is 0 Å². The Labute approximate surface area is 93.4 Å². The van der Waals surface area contributed by atoms with Gasteiger partial charge in [-0.3, -0.25) is 9.78 Å². The zero-order valence-electron chi connectivity index (χ0n) is 8.63. The van der Waals surface area contributed by atoms with Crippen LogP contribution in [-0.4, -0.2) is 16.1 Å². The molecule has 0 fully saturated rings. The summed E-state index contributed by atoms with van der Waals surface area (Å²) in [5, 5.41) is 8.81. The topological polar surface area (TPSA) is 50.2 Å². The van der Waals surface area contributed by atoms with Gasteiger partial charge in [-0.25, -0.2) is 0 Å². The van der Waals surface area contributed by atoms with Gasteiger partial charge in [0.15, 0.2) is 0 Å². The SMILES string of the molecule is O=C(O)Cc1cccnc1-c1ccccc1. The average Bonchev–Trinajstić information content (AvgIpc) is 2.30. The summed E-state index contributed by atoms with van der Waals surface area (Å²) in [7, 11) is 0. The van der Waals surface area contributed by atoms with Gasteiger partial charge in [0.1, 0.15) is 0 Å². The Balaban J connectivity index is 2.44. The van der Waals surface area contributed by atoms with E-state index < -0.39 is 5.97 Å². The van der Waals surface area contributed by atoms with Crippen LogP contribution in [0.15, 0.2) is 48.7 Å². The van der Waals surface area contributed by atoms with Crippen molar-refractivity contribution in [3.8, 4) is 11.3 Å². The summed E-state index contributed by atoms with van der Waals surface area (Å²) in [5.41, 5.74) is 2.42. The van der Waals surface area contributed by atoms with E-state index in [0.717, 1.165) is 16.8 Å². The molecule has 0 spiro atoms. The first-order valence-electron chi connectivity index (χ1n) is 4.98. The monoisotopic (exact) mass is 213 g/mol. The van der Waals surface area contributed by atoms with Gasteiger partial charge in [-0.1, -0.05) is 36.4 Å². The zero-order chi connectivity index (χ0) is 11.4. The summed E-state index contributed by atoms with van der Waals surface area (Å²) < 4.78 is 0. The maximum absolute atomic E-state index is 10.7. The van der Waals surface area contributed by atoms with Gasteiger partial charge < -0.3 is 5.11 Å². The standard InChI is InChI=1S/C13H11NO2/c15-12(16)9-11-7-4-8-14-13(11)10-5-2-1-3-6-10/h1-8H,9H2,(H,15,16). The first kappa shape index (κ1) is 10.4. The molecule has 2 rings (SSSR count). The van der Waals surface area contributed by atoms with Gasteiger partial charge in [-0.05, 0) is 11.6 Å². The highest BCUT2D eigenvalue weighted by Crippen LogP contribution is 2.20. The number of aromatic nitrogens is 1. The Hall–Kier alpha value is -2.16. The molecule has 0 saturated carbocycles. The molecule has 2 aromatic rings. The minimum absolute atomic E-state index is 0.00192. The number of nitrogens with zero attached hydrogens (tertiary/aromatic N) is 1. The second kappa shape index (κ2) is 4.57. The lowest BCUT2D eigenvalue weighted by atomic mass is 10.0. The summed E-state index contributed by atoms with van der Waals surface area (Å²) in [4.78, 5) is 15.0. The second-order valence-electron chi connectivity index (χ2n) is 3.45. The number of carbonyl (C=O) groups is 1. The predicted octanol–water partition coefficient (Wildman–Crippen LogP) is 2.38. The van der Waals surface area contributed by atoms with Gasteiger partial charge in [0.2, 0.25) is 0 Å². The van der Waals surface area contributed by atoms with Crippen molar-refractivity contribution in [3.05, 3.63) is 54.2 Å². The van der Waals surface area contributed by atoms with Crippen LogP contribution in [-0.2, 0) is 11.2 Å². The Kier molecular flexibility index (Phi) is 2.96. The molecule has 80 valence electrons. The molecule has 1 N–H and O–H groups in total. The van der Waals surface area contributed by atoms with Crippen LogP contribution >= 0.6 is 0 Å². The molecule has 0 atom stereocenters. The van der Waals surface area contributed by atoms with Crippen LogP contribution < -0.4 is 0 Å². The van der Waals surface area contributed by atoms with Gasteiger partial charge in [0.05, 0.1) is 12.1 Å². The Bertz CT molecular complexity index is 494. The lowest BCUT2D eigenvalue weighted by Gasteiger charge is -2.05. The molecule has 0 aliphatic rings. The third-order valence-corrected chi connectivity index (χ3v) is 2.28. The third-order valence-electron chi connectivity index (χ3n) is 2.28. The number of hydrogen-bond donors (Lipinski definition) is 1. The highest BCUT2D eigenvalue weighted by atomic mass is 16.4. The number of aliphatic carboxylic acids is 1. The number of benzene rings is 1. The molecule has 0 bridgehead atoms. The fourth-order valence-electron chi connectivity index (χ4n) is 1.60. The lowest BCUT2D eigenvalue weighted by Crippen LogP contribution is -2.02. The van der Waals surface area contributed by atoms with E-state index in [9.17, 15) is 4.79 Å². The van der Waals surface area contributed by atoms with Gasteiger partial charge in [-0.2, -0.15) is 0 Å². The molecule has 0 unspecified atom stereocenters. The molecule has 0 radical (unpaired) electrons. The van der Waals surface area contributed by atoms with E-state index in [2.05, 4.69) is 4.98 Å². The number of rotatable bonds is 3. The first-order chi connectivity index (χ1) is 7.77. The molecular formula is C13H11NO2. The van der Waals surface area contributed by atoms with Gasteiger partial charge in [0.25, 0.3) is 0 Å². The van der Waals surface area contributed by atoms with Crippen molar-refractivity contribution in [1.82, 2.24) is 4.98 Å². The summed E-state index contributed by atoms with van der Waals surface area (Å²) in [6, 6.07) is 13.1. The van der Waals surface area contributed by atoms with E-state index in [1.165, 1.54) is 0 Å². The summed E-state index contributed by atoms with van der Waals surface area (Å²) in [5.74, 6) is -0.842. The molecule has 1 heterocycles. The average molecular weight is 213 g/mol. The fraction of sp³-hybridized carbons (Fsp3) is 0.0769. The zero-order valence-corrected chi connectivity index (χ0v) is 8.63. The number of carboxylic acids is 1. The van der Waals surface area contributed by atoms with Gasteiger partial charge in [-0.15, -0.1) is 0 Å². The quantitative estimate of drug-likeness (QED) is 0.851. The maximum Gasteiger partial charge on any atom is 0.307 e. The molecule has 3 nitrogen and oxygen atoms in total. The molecular weight excluding hydrogens is 202 g/mol. The Morgan fingerprint density at radius 1 is 1.12 bits per heavy atom. The predicted molar refractivity (Wildman–Crippen MR) is 61.0 cm³/mol. The van der Waals surface area contributed by atoms with E-state index in [4.69, 9.17) is 5.11 Å². The van der Waals surface area contributed by atoms with E-state index in [-0.39, 0.29) is 6.42 Å². The van der Waals surface area contributed by atoms with Crippen molar-refractivity contribution in [1.29, 1.82) is 0 Å². The first-order valence-corrected chi connectivity index (χ1v) is 4.98. The largest absolute Gasteiger partial charge is 0.481 e. The van der Waals surface area contributed by atoms with E-state index in [1.807, 2.05) is 30.3 Å². The van der Waals surface area contributed by atoms with Gasteiger partial charge in [0, 0.05) is 11.8 Å². The molecule has 1 aromatic carbocycles. The van der Waals surface area contributed by atoms with Crippen LogP contribution in [0.25, 0.3) is 11.3 Å². The maximum atomic E-state index is 10.7. The molecule has 0 amide bonds. The second-order valence-corrected chi connectivity index (χ2v) is 3.45. The van der Waals surface area contributed by atoms with E-state index in [1.54, 1.807) is 18.3 Å². The smallest absolute Gasteiger partial charge is 0.307 e. The number of pyridine rings is 1. The fourth-order valence-corrected chi connectivity index (χ4v) is 1.60. The normalized spacial score (nSPS) is 10.0. The van der Waals surface area contributed by atoms with Crippen molar-refractivity contribution < 1.29 is 9.90 Å². The van der Waals surface area contributed by atoms with E-state index in [0.29, 0.717) is 0 Å². The lowest BCUT2D eigenvalue weighted by molar-refractivity contribution is -0.136. The van der Waals surface area contributed by atoms with Crippen LogP contribution in [0.5, 0.6) is 0 Å². The molecule has 0 aliphatic heterocycles. The molecule has 1 aromatic heterocycles. The van der Waals surface area contributed by atoms with Gasteiger partial charge >= 0.3 is 5.97 Å². The summed E-state index contributed by atoms with van der Waals surface area (Å²) in [6.07, 6.45) is 1.67. The van der Waals surface area contributed by atoms with Crippen molar-refractivity contribution in [2.75, 3.05) is 0 Å². The van der Waals surface area contributed by atoms with Crippen molar-refractivity contribution in [3.63, 3.8) is 0 Å². The van der Waals surface area contributed by atoms with Crippen LogP contribution in [0.3, 0.4) is 0 Å². The van der Waals surface area contributed by atoms with Crippen molar-refractivity contribution in [2.24, 2.45) is 0 Å². The molecule has 16 heavy (non-hydrogen) atoms. The summed E-state index contributed by atoms with van der Waals surface area (Å²) in [6.45, 7) is 0. The van der Waals surface area contributed by atoms with Crippen LogP contribution in [0.4, 0.5) is 0 Å². The molecule has 3 heteroatoms. The minimum Gasteiger partial charge on any atom is -0.481 e. The van der Waals surface area contributed by atoms with Crippen molar-refractivity contribution in [2.45, 2.75) is 6.42 Å². The third kappa shape index (κ3) is 2.25. The Morgan fingerprint density at radius 2 is 1.88 bits per heavy atom. The minimum atomic E-state index is -0.842. The summed E-state index contributed by atoms with van der Waals surface area (Å²) >= 11 is 0. The van der Waals surface area contributed by atoms with Crippen LogP contribution in [0.1, 0.15) is 5.56 Å².